The Balaban J connectivity index is 1.43. The van der Waals surface area contributed by atoms with Gasteiger partial charge in [-0.3, -0.25) is 4.79 Å². The van der Waals surface area contributed by atoms with Crippen molar-refractivity contribution < 1.29 is 13.2 Å². The van der Waals surface area contributed by atoms with Crippen LogP contribution in [0.2, 0.25) is 0 Å². The highest BCUT2D eigenvalue weighted by molar-refractivity contribution is 7.92. The lowest BCUT2D eigenvalue weighted by molar-refractivity contribution is -0.115. The van der Waals surface area contributed by atoms with E-state index in [0.29, 0.717) is 5.69 Å². The molecule has 4 aromatic rings. The van der Waals surface area contributed by atoms with Gasteiger partial charge in [-0.05, 0) is 55.0 Å². The van der Waals surface area contributed by atoms with Crippen LogP contribution in [0.1, 0.15) is 11.1 Å². The van der Waals surface area contributed by atoms with Crippen LogP contribution in [0.3, 0.4) is 0 Å². The zero-order valence-electron chi connectivity index (χ0n) is 20.2. The van der Waals surface area contributed by atoms with Gasteiger partial charge in [-0.1, -0.05) is 35.9 Å². The minimum Gasteiger partial charge on any atom is -0.369 e. The molecular formula is C28H30N4O3S. The summed E-state index contributed by atoms with van der Waals surface area (Å²) in [6, 6.07) is 21.9. The zero-order chi connectivity index (χ0) is 25.1. The number of amides is 1. The fourth-order valence-corrected chi connectivity index (χ4v) is 6.22. The Hall–Kier alpha value is -3.62. The molecule has 5 rings (SSSR count). The van der Waals surface area contributed by atoms with Crippen molar-refractivity contribution in [2.45, 2.75) is 23.5 Å². The van der Waals surface area contributed by atoms with E-state index in [1.165, 1.54) is 0 Å². The average molecular weight is 503 g/mol. The minimum atomic E-state index is -3.95. The molecule has 0 radical (unpaired) electrons. The molecular weight excluding hydrogens is 472 g/mol. The number of aromatic nitrogens is 1. The minimum absolute atomic E-state index is 0.0604. The Morgan fingerprint density at radius 3 is 2.39 bits per heavy atom. The number of hydrogen-bond donors (Lipinski definition) is 3. The van der Waals surface area contributed by atoms with E-state index in [1.54, 1.807) is 30.5 Å². The summed E-state index contributed by atoms with van der Waals surface area (Å²) in [4.78, 5) is 19.1. The van der Waals surface area contributed by atoms with Crippen molar-refractivity contribution in [3.8, 4) is 0 Å². The van der Waals surface area contributed by atoms with Crippen molar-refractivity contribution >= 4 is 38.0 Å². The third-order valence-corrected chi connectivity index (χ3v) is 8.77. The molecule has 1 saturated heterocycles. The SMILES string of the molecule is Cc1ccc(S(=O)(=O)[C@@H](Cc2c[nH]c3ccccc23)C(=O)Nc2ccc(N3CCNCC3)cc2)cc1. The monoisotopic (exact) mass is 502 g/mol. The largest absolute Gasteiger partial charge is 0.369 e. The van der Waals surface area contributed by atoms with Gasteiger partial charge in [0.05, 0.1) is 4.90 Å². The van der Waals surface area contributed by atoms with Crippen LogP contribution in [0.5, 0.6) is 0 Å². The lowest BCUT2D eigenvalue weighted by atomic mass is 10.1. The molecule has 36 heavy (non-hydrogen) atoms. The third kappa shape index (κ3) is 5.01. The number of rotatable bonds is 7. The number of fused-ring (bicyclic) bond motifs is 1. The Kier molecular flexibility index (Phi) is 6.80. The molecule has 3 N–H and O–H groups in total. The maximum absolute atomic E-state index is 13.7. The molecule has 1 aromatic heterocycles. The predicted octanol–water partition coefficient (Wildman–Crippen LogP) is 3.91. The third-order valence-electron chi connectivity index (χ3n) is 6.71. The molecule has 0 unspecified atom stereocenters. The number of nitrogens with zero attached hydrogens (tertiary/aromatic N) is 1. The molecule has 1 aliphatic heterocycles. The number of piperazine rings is 1. The molecule has 1 atom stereocenters. The van der Waals surface area contributed by atoms with Gasteiger partial charge >= 0.3 is 0 Å². The summed E-state index contributed by atoms with van der Waals surface area (Å²) in [6.07, 6.45) is 1.85. The van der Waals surface area contributed by atoms with E-state index in [4.69, 9.17) is 0 Å². The van der Waals surface area contributed by atoms with Gasteiger partial charge in [-0.2, -0.15) is 0 Å². The Morgan fingerprint density at radius 1 is 0.972 bits per heavy atom. The fourth-order valence-electron chi connectivity index (χ4n) is 4.64. The average Bonchev–Trinajstić information content (AvgIpc) is 3.31. The molecule has 0 spiro atoms. The summed E-state index contributed by atoms with van der Waals surface area (Å²) in [5, 5.41) is 5.82. The Labute approximate surface area is 211 Å². The summed E-state index contributed by atoms with van der Waals surface area (Å²) < 4.78 is 27.4. The van der Waals surface area contributed by atoms with Crippen molar-refractivity contribution in [3.63, 3.8) is 0 Å². The predicted molar refractivity (Wildman–Crippen MR) is 144 cm³/mol. The highest BCUT2D eigenvalue weighted by atomic mass is 32.2. The van der Waals surface area contributed by atoms with Crippen LogP contribution >= 0.6 is 0 Å². The van der Waals surface area contributed by atoms with Crippen LogP contribution in [0.25, 0.3) is 10.9 Å². The van der Waals surface area contributed by atoms with Gasteiger partial charge in [0.25, 0.3) is 0 Å². The van der Waals surface area contributed by atoms with E-state index in [0.717, 1.165) is 53.9 Å². The van der Waals surface area contributed by atoms with Crippen LogP contribution in [0.15, 0.2) is 83.9 Å². The lowest BCUT2D eigenvalue weighted by Gasteiger charge is -2.29. The second-order valence-corrected chi connectivity index (χ2v) is 11.3. The van der Waals surface area contributed by atoms with Gasteiger partial charge in [-0.25, -0.2) is 8.42 Å². The topological polar surface area (TPSA) is 94.3 Å². The fraction of sp³-hybridized carbons (Fsp3) is 0.250. The second-order valence-electron chi connectivity index (χ2n) is 9.18. The van der Waals surface area contributed by atoms with E-state index in [1.807, 2.05) is 55.5 Å². The second kappa shape index (κ2) is 10.2. The van der Waals surface area contributed by atoms with E-state index in [-0.39, 0.29) is 11.3 Å². The summed E-state index contributed by atoms with van der Waals surface area (Å²) in [5.74, 6) is -0.546. The first-order valence-corrected chi connectivity index (χ1v) is 13.7. The van der Waals surface area contributed by atoms with E-state index < -0.39 is 21.0 Å². The van der Waals surface area contributed by atoms with Crippen LogP contribution < -0.4 is 15.5 Å². The summed E-state index contributed by atoms with van der Waals surface area (Å²) in [6.45, 7) is 5.62. The van der Waals surface area contributed by atoms with Gasteiger partial charge in [0.15, 0.2) is 9.84 Å². The molecule has 7 nitrogen and oxygen atoms in total. The lowest BCUT2D eigenvalue weighted by Crippen LogP contribution is -2.43. The number of nitrogens with one attached hydrogen (secondary N) is 3. The zero-order valence-corrected chi connectivity index (χ0v) is 21.0. The molecule has 0 aliphatic carbocycles. The van der Waals surface area contributed by atoms with Crippen LogP contribution in [-0.4, -0.2) is 50.7 Å². The van der Waals surface area contributed by atoms with Gasteiger partial charge in [0, 0.05) is 61.1 Å². The summed E-state index contributed by atoms with van der Waals surface area (Å²) in [5.41, 5.74) is 4.30. The number of H-pyrrole nitrogens is 1. The van der Waals surface area contributed by atoms with Gasteiger partial charge in [-0.15, -0.1) is 0 Å². The normalized spacial score (nSPS) is 15.1. The smallest absolute Gasteiger partial charge is 0.243 e. The maximum atomic E-state index is 13.7. The number of aromatic amines is 1. The first kappa shape index (κ1) is 24.1. The van der Waals surface area contributed by atoms with Gasteiger partial charge in [0.1, 0.15) is 5.25 Å². The van der Waals surface area contributed by atoms with Crippen LogP contribution in [-0.2, 0) is 21.1 Å². The molecule has 8 heteroatoms. The Bertz CT molecular complexity index is 1450. The molecule has 186 valence electrons. The standard InChI is InChI=1S/C28H30N4O3S/c1-20-6-12-24(13-7-20)36(34,35)27(18-21-19-30-26-5-3-2-4-25(21)26)28(33)31-22-8-10-23(11-9-22)32-16-14-29-15-17-32/h2-13,19,27,29-30H,14-18H2,1H3,(H,31,33)/t27-/m0/s1. The molecule has 1 amide bonds. The molecule has 1 aliphatic rings. The molecule has 3 aromatic carbocycles. The number of hydrogen-bond acceptors (Lipinski definition) is 5. The first-order chi connectivity index (χ1) is 17.4. The van der Waals surface area contributed by atoms with Crippen molar-refractivity contribution in [1.82, 2.24) is 10.3 Å². The van der Waals surface area contributed by atoms with E-state index >= 15 is 0 Å². The number of sulfone groups is 1. The molecule has 1 fully saturated rings. The van der Waals surface area contributed by atoms with Crippen molar-refractivity contribution in [1.29, 1.82) is 0 Å². The van der Waals surface area contributed by atoms with Crippen molar-refractivity contribution in [3.05, 3.63) is 90.1 Å². The van der Waals surface area contributed by atoms with Gasteiger partial charge in [0.2, 0.25) is 5.91 Å². The highest BCUT2D eigenvalue weighted by Crippen LogP contribution is 2.26. The maximum Gasteiger partial charge on any atom is 0.243 e. The number of carbonyl (C=O) groups excluding carboxylic acids is 1. The number of anilines is 2. The van der Waals surface area contributed by atoms with E-state index in [2.05, 4.69) is 20.5 Å². The Morgan fingerprint density at radius 2 is 1.67 bits per heavy atom. The number of carbonyl (C=O) groups is 1. The van der Waals surface area contributed by atoms with Crippen molar-refractivity contribution in [2.75, 3.05) is 36.4 Å². The quantitative estimate of drug-likeness (QED) is 0.356. The molecule has 0 bridgehead atoms. The van der Waals surface area contributed by atoms with Crippen LogP contribution in [0.4, 0.5) is 11.4 Å². The number of aryl methyl sites for hydroxylation is 1. The van der Waals surface area contributed by atoms with Gasteiger partial charge < -0.3 is 20.5 Å². The summed E-state index contributed by atoms with van der Waals surface area (Å²) in [7, 11) is -3.95. The summed E-state index contributed by atoms with van der Waals surface area (Å²) >= 11 is 0. The number of benzene rings is 3. The first-order valence-electron chi connectivity index (χ1n) is 12.1. The molecule has 0 saturated carbocycles. The van der Waals surface area contributed by atoms with Crippen LogP contribution in [0, 0.1) is 6.92 Å². The van der Waals surface area contributed by atoms with Crippen molar-refractivity contribution in [2.24, 2.45) is 0 Å². The number of para-hydroxylation sites is 1. The molecule has 2 heterocycles. The van der Waals surface area contributed by atoms with E-state index in [9.17, 15) is 13.2 Å². The highest BCUT2D eigenvalue weighted by Gasteiger charge is 2.35.